The van der Waals surface area contributed by atoms with Crippen LogP contribution < -0.4 is 11.6 Å². The van der Waals surface area contributed by atoms with Crippen LogP contribution in [0.15, 0.2) is 77.9 Å². The second-order valence-corrected chi connectivity index (χ2v) is 11.9. The molecule has 0 aliphatic rings. The Morgan fingerprint density at radius 1 is 0.981 bits per heavy atom. The van der Waals surface area contributed by atoms with Gasteiger partial charge in [-0.2, -0.15) is 0 Å². The number of aryl methyl sites for hydroxylation is 1. The zero-order valence-electron chi connectivity index (χ0n) is 29.8. The molecular formula is C36H40ClN7O10. The molecule has 0 fully saturated rings. The number of halogens is 1. The van der Waals surface area contributed by atoms with E-state index in [0.29, 0.717) is 39.6 Å². The van der Waals surface area contributed by atoms with Crippen molar-refractivity contribution >= 4 is 35.7 Å². The second-order valence-electron chi connectivity index (χ2n) is 11.6. The largest absolute Gasteiger partial charge is 0.511 e. The minimum atomic E-state index is -1.24. The summed E-state index contributed by atoms with van der Waals surface area (Å²) in [5.74, 6) is 5.58. The van der Waals surface area contributed by atoms with E-state index in [9.17, 15) is 24.5 Å². The number of imidazole rings is 1. The van der Waals surface area contributed by atoms with Crippen LogP contribution in [0.5, 0.6) is 0 Å². The van der Waals surface area contributed by atoms with Gasteiger partial charge in [0.2, 0.25) is 6.29 Å². The Morgan fingerprint density at radius 3 is 2.37 bits per heavy atom. The Bertz CT molecular complexity index is 1970. The molecule has 1 heterocycles. The molecule has 0 aliphatic carbocycles. The van der Waals surface area contributed by atoms with Crippen LogP contribution in [0.2, 0.25) is 5.15 Å². The number of nitrogens with zero attached hydrogens (tertiary/aromatic N) is 5. The molecule has 286 valence electrons. The van der Waals surface area contributed by atoms with Gasteiger partial charge in [0.1, 0.15) is 19.0 Å². The Hall–Kier alpha value is -6.20. The molecule has 18 heteroatoms. The van der Waals surface area contributed by atoms with Gasteiger partial charge in [-0.1, -0.05) is 97.7 Å². The van der Waals surface area contributed by atoms with Crippen molar-refractivity contribution < 1.29 is 43.3 Å². The number of carbonyl (C=O) groups is 3. The summed E-state index contributed by atoms with van der Waals surface area (Å²) >= 11 is 6.45. The van der Waals surface area contributed by atoms with Gasteiger partial charge in [0.25, 0.3) is 5.09 Å². The van der Waals surface area contributed by atoms with Crippen LogP contribution in [0.4, 0.5) is 9.59 Å². The van der Waals surface area contributed by atoms with Gasteiger partial charge in [0.05, 0.1) is 6.61 Å². The molecule has 17 nitrogen and oxygen atoms in total. The predicted molar refractivity (Wildman–Crippen MR) is 195 cm³/mol. The topological polar surface area (TPSA) is 226 Å². The summed E-state index contributed by atoms with van der Waals surface area (Å²) in [5, 5.41) is 14.1. The first kappa shape index (κ1) is 40.6. The first-order chi connectivity index (χ1) is 25.9. The van der Waals surface area contributed by atoms with E-state index in [1.807, 2.05) is 43.3 Å². The maximum Gasteiger partial charge on any atom is 0.511 e. The van der Waals surface area contributed by atoms with Gasteiger partial charge in [0.15, 0.2) is 16.7 Å². The van der Waals surface area contributed by atoms with Crippen molar-refractivity contribution in [2.45, 2.75) is 66.1 Å². The zero-order valence-corrected chi connectivity index (χ0v) is 30.6. The van der Waals surface area contributed by atoms with Gasteiger partial charge in [-0.15, -0.1) is 20.3 Å². The number of esters is 1. The Morgan fingerprint density at radius 2 is 1.69 bits per heavy atom. The summed E-state index contributed by atoms with van der Waals surface area (Å²) in [4.78, 5) is 56.9. The molecule has 0 saturated carbocycles. The van der Waals surface area contributed by atoms with Crippen LogP contribution in [-0.2, 0) is 50.0 Å². The highest BCUT2D eigenvalue weighted by molar-refractivity contribution is 6.32. The van der Waals surface area contributed by atoms with Gasteiger partial charge in [-0.25, -0.2) is 25.2 Å². The Balaban J connectivity index is 1.49. The molecule has 0 spiro atoms. The van der Waals surface area contributed by atoms with Crippen molar-refractivity contribution in [1.29, 1.82) is 0 Å². The molecule has 0 saturated heterocycles. The quantitative estimate of drug-likeness (QED) is 0.0143. The van der Waals surface area contributed by atoms with Crippen molar-refractivity contribution in [2.24, 2.45) is 16.7 Å². The lowest BCUT2D eigenvalue weighted by molar-refractivity contribution is -0.763. The van der Waals surface area contributed by atoms with Gasteiger partial charge >= 0.3 is 18.2 Å². The van der Waals surface area contributed by atoms with E-state index in [2.05, 4.69) is 14.9 Å². The van der Waals surface area contributed by atoms with E-state index in [0.717, 1.165) is 24.0 Å². The molecule has 1 aromatic heterocycles. The van der Waals surface area contributed by atoms with E-state index < -0.39 is 29.6 Å². The maximum absolute atomic E-state index is 13.2. The van der Waals surface area contributed by atoms with E-state index in [4.69, 9.17) is 42.1 Å². The highest BCUT2D eigenvalue weighted by atomic mass is 35.5. The molecule has 0 aliphatic heterocycles. The van der Waals surface area contributed by atoms with Gasteiger partial charge < -0.3 is 34.1 Å². The van der Waals surface area contributed by atoms with Gasteiger partial charge in [-0.3, -0.25) is 0 Å². The van der Waals surface area contributed by atoms with Crippen molar-refractivity contribution in [3.8, 4) is 11.1 Å². The summed E-state index contributed by atoms with van der Waals surface area (Å²) < 4.78 is 22.0. The fourth-order valence-electron chi connectivity index (χ4n) is 5.16. The number of hydrogen-bond donors (Lipinski definition) is 2. The monoisotopic (exact) mass is 765 g/mol. The smallest absolute Gasteiger partial charge is 0.442 e. The van der Waals surface area contributed by atoms with E-state index in [-0.39, 0.29) is 43.0 Å². The Labute approximate surface area is 315 Å². The van der Waals surface area contributed by atoms with Crippen LogP contribution in [0.1, 0.15) is 72.2 Å². The van der Waals surface area contributed by atoms with Gasteiger partial charge in [-0.05, 0) is 41.2 Å². The van der Waals surface area contributed by atoms with Crippen molar-refractivity contribution in [2.75, 3.05) is 6.61 Å². The van der Waals surface area contributed by atoms with Crippen molar-refractivity contribution in [1.82, 2.24) is 14.7 Å². The van der Waals surface area contributed by atoms with Crippen LogP contribution in [0.25, 0.3) is 11.1 Å². The third-order valence-corrected chi connectivity index (χ3v) is 7.91. The van der Waals surface area contributed by atoms with Crippen molar-refractivity contribution in [3.05, 3.63) is 122 Å². The van der Waals surface area contributed by atoms with Crippen LogP contribution in [0, 0.1) is 10.1 Å². The molecular weight excluding hydrogens is 726 g/mol. The molecule has 4 aromatic rings. The number of benzene rings is 3. The standard InChI is InChI=1S/C36H40ClN7O10/c1-4-6-14-30-40-32(37)31(34(45)53-23(3)54-36(47)50-5-2)42(30)20-24-15-17-27(18-16-24)28-12-7-8-13-29(28)33(38)41-43(39)35(46)51-21-25-10-9-11-26(19-25)22-52-44(48)49/h7-13,15-19,23H,4-6,14,20-22,39H2,1-3H3,(H2,38,41). The number of unbranched alkanes of at least 4 members (excludes halogenated alkanes) is 1. The zero-order chi connectivity index (χ0) is 39.2. The lowest BCUT2D eigenvalue weighted by Gasteiger charge is -2.16. The minimum absolute atomic E-state index is 0.0150. The number of amides is 1. The number of rotatable bonds is 17. The number of hydrazine groups is 1. The first-order valence-corrected chi connectivity index (χ1v) is 17.2. The lowest BCUT2D eigenvalue weighted by Crippen LogP contribution is -2.35. The average Bonchev–Trinajstić information content (AvgIpc) is 3.46. The molecule has 54 heavy (non-hydrogen) atoms. The number of hydrazone groups is 1. The second kappa shape index (κ2) is 19.6. The van der Waals surface area contributed by atoms with Crippen molar-refractivity contribution in [3.63, 3.8) is 0 Å². The Kier molecular flexibility index (Phi) is 14.7. The maximum atomic E-state index is 13.2. The fourth-order valence-corrected chi connectivity index (χ4v) is 5.44. The number of nitrogens with two attached hydrogens (primary N) is 2. The summed E-state index contributed by atoms with van der Waals surface area (Å²) in [7, 11) is 0. The first-order valence-electron chi connectivity index (χ1n) is 16.8. The molecule has 4 N–H and O–H groups in total. The van der Waals surface area contributed by atoms with Crippen LogP contribution in [-0.4, -0.2) is 56.7 Å². The molecule has 4 rings (SSSR count). The summed E-state index contributed by atoms with van der Waals surface area (Å²) in [6, 6.07) is 21.1. The third kappa shape index (κ3) is 11.4. The molecule has 0 radical (unpaired) electrons. The number of aromatic nitrogens is 2. The average molecular weight is 766 g/mol. The molecule has 0 bridgehead atoms. The van der Waals surface area contributed by atoms with Crippen LogP contribution in [0.3, 0.4) is 0 Å². The molecule has 1 amide bonds. The number of carbonyl (C=O) groups excluding carboxylic acids is 3. The van der Waals surface area contributed by atoms with Crippen LogP contribution >= 0.6 is 11.6 Å². The number of amidine groups is 1. The third-order valence-electron chi connectivity index (χ3n) is 7.65. The summed E-state index contributed by atoms with van der Waals surface area (Å²) in [6.07, 6.45) is -0.955. The molecule has 3 aromatic carbocycles. The highest BCUT2D eigenvalue weighted by Gasteiger charge is 2.26. The number of hydrogen-bond acceptors (Lipinski definition) is 13. The van der Waals surface area contributed by atoms with Gasteiger partial charge in [0, 0.05) is 25.5 Å². The minimum Gasteiger partial charge on any atom is -0.442 e. The normalized spacial score (nSPS) is 11.7. The fraction of sp³-hybridized carbons (Fsp3) is 0.306. The number of ether oxygens (including phenoxy) is 4. The molecule has 1 atom stereocenters. The SMILES string of the molecule is CCCCc1nc(Cl)c(C(=O)OC(C)OC(=O)OCC)n1Cc1ccc(-c2ccccc2/C(N)=N/N(N)C(=O)OCc2cccc(CO[N+](=O)[O-])c2)cc1. The summed E-state index contributed by atoms with van der Waals surface area (Å²) in [5.41, 5.74) is 10.1. The van der Waals surface area contributed by atoms with E-state index in [1.165, 1.54) is 6.92 Å². The lowest BCUT2D eigenvalue weighted by atomic mass is 9.98. The van der Waals surface area contributed by atoms with E-state index in [1.54, 1.807) is 47.9 Å². The summed E-state index contributed by atoms with van der Waals surface area (Å²) in [6.45, 7) is 4.92. The predicted octanol–water partition coefficient (Wildman–Crippen LogP) is 6.11. The highest BCUT2D eigenvalue weighted by Crippen LogP contribution is 2.26. The van der Waals surface area contributed by atoms with E-state index >= 15 is 0 Å². The molecule has 1 unspecified atom stereocenters.